The Bertz CT molecular complexity index is 626. The smallest absolute Gasteiger partial charge is 0.286 e. The molecule has 0 spiro atoms. The highest BCUT2D eigenvalue weighted by Gasteiger charge is 2.13. The maximum absolute atomic E-state index is 10.7. The molecule has 1 atom stereocenters. The Labute approximate surface area is 128 Å². The third-order valence-electron chi connectivity index (χ3n) is 3.90. The minimum Gasteiger partial charge on any atom is -0.286 e. The molecule has 0 aromatic heterocycles. The summed E-state index contributed by atoms with van der Waals surface area (Å²) in [4.78, 5) is 0. The van der Waals surface area contributed by atoms with E-state index < -0.39 is 0 Å². The van der Waals surface area contributed by atoms with Crippen molar-refractivity contribution >= 4 is 8.69 Å². The summed E-state index contributed by atoms with van der Waals surface area (Å²) >= 11 is 0. The van der Waals surface area contributed by atoms with Crippen molar-refractivity contribution in [2.75, 3.05) is 0 Å². The first-order chi connectivity index (χ1) is 10.0. The van der Waals surface area contributed by atoms with Crippen LogP contribution < -0.4 is 0 Å². The number of hydrogen-bond donors (Lipinski definition) is 0. The normalized spacial score (nSPS) is 12.6. The van der Waals surface area contributed by atoms with Crippen molar-refractivity contribution in [3.8, 4) is 0 Å². The van der Waals surface area contributed by atoms with Gasteiger partial charge in [-0.05, 0) is 61.9 Å². The zero-order valence-corrected chi connectivity index (χ0v) is 13.9. The van der Waals surface area contributed by atoms with Gasteiger partial charge in [0.1, 0.15) is 0 Å². The second kappa shape index (κ2) is 6.98. The van der Waals surface area contributed by atoms with Gasteiger partial charge in [-0.15, -0.1) is 0 Å². The molecular formula is C18H21O2P. The van der Waals surface area contributed by atoms with Crippen molar-refractivity contribution in [3.05, 3.63) is 69.8 Å². The Hall–Kier alpha value is -1.50. The molecule has 0 saturated heterocycles. The van der Waals surface area contributed by atoms with E-state index in [0.29, 0.717) is 0 Å². The molecule has 110 valence electrons. The first-order valence-corrected chi connectivity index (χ1v) is 7.89. The van der Waals surface area contributed by atoms with Crippen LogP contribution in [0, 0.1) is 20.8 Å². The molecule has 0 aliphatic carbocycles. The molecule has 3 heteroatoms. The first-order valence-electron chi connectivity index (χ1n) is 7.16. The van der Waals surface area contributed by atoms with E-state index in [9.17, 15) is 4.57 Å². The number of rotatable bonds is 5. The average molecular weight is 300 g/mol. The van der Waals surface area contributed by atoms with Crippen LogP contribution in [0.2, 0.25) is 0 Å². The van der Waals surface area contributed by atoms with Gasteiger partial charge >= 0.3 is 8.69 Å². The molecule has 1 unspecified atom stereocenters. The van der Waals surface area contributed by atoms with Gasteiger partial charge < -0.3 is 0 Å². The predicted octanol–water partition coefficient (Wildman–Crippen LogP) is 5.49. The van der Waals surface area contributed by atoms with E-state index in [-0.39, 0.29) is 14.8 Å². The van der Waals surface area contributed by atoms with Gasteiger partial charge in [0.05, 0.1) is 6.10 Å². The van der Waals surface area contributed by atoms with Gasteiger partial charge in [-0.25, -0.2) is 4.57 Å². The molecule has 0 heterocycles. The summed E-state index contributed by atoms with van der Waals surface area (Å²) in [6, 6.07) is 12.6. The van der Waals surface area contributed by atoms with Gasteiger partial charge in [0.2, 0.25) is 0 Å². The minimum absolute atomic E-state index is 0.175. The monoisotopic (exact) mass is 300 g/mol. The molecule has 0 saturated carbocycles. The van der Waals surface area contributed by atoms with Crippen molar-refractivity contribution < 1.29 is 9.09 Å². The van der Waals surface area contributed by atoms with E-state index in [1.807, 2.05) is 25.1 Å². The lowest BCUT2D eigenvalue weighted by Crippen LogP contribution is -2.03. The maximum atomic E-state index is 10.7. The lowest BCUT2D eigenvalue weighted by molar-refractivity contribution is 0.250. The van der Waals surface area contributed by atoms with E-state index >= 15 is 0 Å². The van der Waals surface area contributed by atoms with Gasteiger partial charge in [-0.1, -0.05) is 42.0 Å². The van der Waals surface area contributed by atoms with E-state index in [1.54, 1.807) is 0 Å². The summed E-state index contributed by atoms with van der Waals surface area (Å²) in [5, 5.41) is 0. The van der Waals surface area contributed by atoms with Crippen LogP contribution in [-0.4, -0.2) is 0 Å². The van der Waals surface area contributed by atoms with E-state index in [0.717, 1.165) is 12.0 Å². The maximum Gasteiger partial charge on any atom is 0.327 e. The second-order valence-corrected chi connectivity index (χ2v) is 5.93. The number of aryl methyl sites for hydroxylation is 3. The van der Waals surface area contributed by atoms with Gasteiger partial charge in [0.25, 0.3) is 0 Å². The van der Waals surface area contributed by atoms with Gasteiger partial charge in [0, 0.05) is 0 Å². The van der Waals surface area contributed by atoms with Crippen LogP contribution in [-0.2, 0) is 15.5 Å². The summed E-state index contributed by atoms with van der Waals surface area (Å²) in [5.41, 5.74) is 7.61. The Kier molecular flexibility index (Phi) is 5.27. The number of hydrogen-bond acceptors (Lipinski definition) is 2. The molecule has 0 aliphatic heterocycles. The summed E-state index contributed by atoms with van der Waals surface area (Å²) in [6.07, 6.45) is 0.698. The fraction of sp³-hybridized carbons (Fsp3) is 0.333. The van der Waals surface area contributed by atoms with Crippen LogP contribution >= 0.6 is 8.69 Å². The van der Waals surface area contributed by atoms with E-state index in [4.69, 9.17) is 4.52 Å². The van der Waals surface area contributed by atoms with Gasteiger partial charge in [0.15, 0.2) is 0 Å². The summed E-state index contributed by atoms with van der Waals surface area (Å²) in [7, 11) is -0.275. The molecule has 0 amide bonds. The van der Waals surface area contributed by atoms with Crippen molar-refractivity contribution in [2.45, 2.75) is 40.2 Å². The Balaban J connectivity index is 2.39. The largest absolute Gasteiger partial charge is 0.327 e. The summed E-state index contributed by atoms with van der Waals surface area (Å²) in [6.45, 7) is 8.38. The molecule has 21 heavy (non-hydrogen) atoms. The van der Waals surface area contributed by atoms with Crippen LogP contribution in [0.3, 0.4) is 0 Å². The van der Waals surface area contributed by atoms with Crippen LogP contribution in [0.25, 0.3) is 0 Å². The molecule has 0 N–H and O–H groups in total. The molecule has 0 aliphatic rings. The standard InChI is InChI=1S/C18H21O2P/c1-12-9-13(2)18(14(3)10-12)11-16-7-5-6-8-17(16)15(4)20-21-19/h5-10,15H,11H2,1-4H3. The summed E-state index contributed by atoms with van der Waals surface area (Å²) < 4.78 is 15.9. The zero-order chi connectivity index (χ0) is 15.4. The topological polar surface area (TPSA) is 26.3 Å². The van der Waals surface area contributed by atoms with Crippen LogP contribution in [0.4, 0.5) is 0 Å². The van der Waals surface area contributed by atoms with Crippen LogP contribution in [0.15, 0.2) is 36.4 Å². The van der Waals surface area contributed by atoms with Gasteiger partial charge in [-0.2, -0.15) is 0 Å². The zero-order valence-electron chi connectivity index (χ0n) is 13.0. The minimum atomic E-state index is -0.275. The fourth-order valence-corrected chi connectivity index (χ4v) is 3.13. The van der Waals surface area contributed by atoms with Crippen molar-refractivity contribution in [2.24, 2.45) is 0 Å². The molecule has 2 nitrogen and oxygen atoms in total. The summed E-state index contributed by atoms with van der Waals surface area (Å²) in [5.74, 6) is 0. The second-order valence-electron chi connectivity index (χ2n) is 5.58. The van der Waals surface area contributed by atoms with Gasteiger partial charge in [-0.3, -0.25) is 4.52 Å². The van der Waals surface area contributed by atoms with Crippen LogP contribution in [0.1, 0.15) is 46.4 Å². The van der Waals surface area contributed by atoms with Crippen molar-refractivity contribution in [3.63, 3.8) is 0 Å². The van der Waals surface area contributed by atoms with E-state index in [2.05, 4.69) is 39.0 Å². The van der Waals surface area contributed by atoms with Crippen LogP contribution in [0.5, 0.6) is 0 Å². The third-order valence-corrected chi connectivity index (χ3v) is 4.30. The van der Waals surface area contributed by atoms with Crippen molar-refractivity contribution in [1.82, 2.24) is 0 Å². The highest BCUT2D eigenvalue weighted by molar-refractivity contribution is 7.17. The predicted molar refractivity (Wildman–Crippen MR) is 87.0 cm³/mol. The third kappa shape index (κ3) is 3.78. The fourth-order valence-electron chi connectivity index (χ4n) is 2.89. The lowest BCUT2D eigenvalue weighted by Gasteiger charge is -2.17. The quantitative estimate of drug-likeness (QED) is 0.683. The molecule has 0 radical (unpaired) electrons. The Morgan fingerprint density at radius 2 is 1.71 bits per heavy atom. The van der Waals surface area contributed by atoms with E-state index in [1.165, 1.54) is 27.8 Å². The highest BCUT2D eigenvalue weighted by Crippen LogP contribution is 2.28. The molecule has 0 bridgehead atoms. The Morgan fingerprint density at radius 1 is 1.10 bits per heavy atom. The molecule has 0 fully saturated rings. The molecule has 2 rings (SSSR count). The Morgan fingerprint density at radius 3 is 2.33 bits per heavy atom. The average Bonchev–Trinajstić information content (AvgIpc) is 2.43. The lowest BCUT2D eigenvalue weighted by atomic mass is 9.91. The SMILES string of the molecule is Cc1cc(C)c(Cc2ccccc2C(C)OP=O)c(C)c1. The molecule has 2 aromatic carbocycles. The highest BCUT2D eigenvalue weighted by atomic mass is 31.1. The molecular weight excluding hydrogens is 279 g/mol. The first kappa shape index (κ1) is 15.9. The van der Waals surface area contributed by atoms with Crippen molar-refractivity contribution in [1.29, 1.82) is 0 Å². The number of benzene rings is 2. The molecule has 2 aromatic rings.